The first-order valence-electron chi connectivity index (χ1n) is 16.7. The first kappa shape index (κ1) is 37.7. The zero-order valence-electron chi connectivity index (χ0n) is 28.9. The number of rotatable bonds is 7. The Morgan fingerprint density at radius 1 is 1.02 bits per heavy atom. The van der Waals surface area contributed by atoms with E-state index in [0.717, 1.165) is 40.2 Å². The summed E-state index contributed by atoms with van der Waals surface area (Å²) in [5.74, 6) is -1.74. The topological polar surface area (TPSA) is 136 Å². The highest BCUT2D eigenvalue weighted by Gasteiger charge is 2.50. The summed E-state index contributed by atoms with van der Waals surface area (Å²) in [7, 11) is -5.80. The van der Waals surface area contributed by atoms with Gasteiger partial charge in [-0.1, -0.05) is 63.2 Å². The third-order valence-electron chi connectivity index (χ3n) is 9.59. The van der Waals surface area contributed by atoms with Gasteiger partial charge >= 0.3 is 13.3 Å². The van der Waals surface area contributed by atoms with Crippen molar-refractivity contribution in [3.05, 3.63) is 105 Å². The van der Waals surface area contributed by atoms with Gasteiger partial charge in [-0.2, -0.15) is 8.78 Å². The molecule has 0 saturated carbocycles. The Morgan fingerprint density at radius 3 is 2.40 bits per heavy atom. The van der Waals surface area contributed by atoms with Crippen LogP contribution in [0.25, 0.3) is 10.1 Å². The van der Waals surface area contributed by atoms with Crippen LogP contribution in [0.5, 0.6) is 0 Å². The number of carbonyl (C=O) groups excluding carboxylic acids is 3. The monoisotopic (exact) mass is 757 g/mol. The van der Waals surface area contributed by atoms with Crippen LogP contribution in [0.1, 0.15) is 64.4 Å². The standard InChI is InChI=1S/C37H39F3N3O7PS/c1-21-15-23(9-11-27(21)38)29-20-42(13-14-50-29)34(45)28-17-22-7-5-6-8-24(22)19-43(28)35(46)32(36(2,3)4)41-33(44)31-18-25-16-26(10-12-30(25)52-31)37(39,40)51(47,48)49/h5-12,15-16,18,28-29,32H,13-14,17,19-20H2,1-4H3,(H,41,44)(H2,47,48,49)/t28-,29?,32+/m0/s1. The van der Waals surface area contributed by atoms with Crippen molar-refractivity contribution in [1.29, 1.82) is 0 Å². The molecule has 3 aromatic carbocycles. The van der Waals surface area contributed by atoms with E-state index in [1.54, 1.807) is 44.7 Å². The number of benzene rings is 3. The number of alkyl halides is 2. The van der Waals surface area contributed by atoms with Gasteiger partial charge in [0.25, 0.3) is 5.91 Å². The van der Waals surface area contributed by atoms with E-state index in [2.05, 4.69) is 5.32 Å². The van der Waals surface area contributed by atoms with E-state index in [9.17, 15) is 41.9 Å². The summed E-state index contributed by atoms with van der Waals surface area (Å²) in [6.07, 6.45) is -0.236. The summed E-state index contributed by atoms with van der Waals surface area (Å²) in [6, 6.07) is 14.7. The lowest BCUT2D eigenvalue weighted by Gasteiger charge is -2.43. The van der Waals surface area contributed by atoms with Crippen LogP contribution < -0.4 is 5.32 Å². The van der Waals surface area contributed by atoms with Crippen molar-refractivity contribution in [2.24, 2.45) is 5.41 Å². The molecule has 1 saturated heterocycles. The first-order chi connectivity index (χ1) is 24.3. The average Bonchev–Trinajstić information content (AvgIpc) is 3.53. The first-order valence-corrected chi connectivity index (χ1v) is 19.1. The molecule has 0 radical (unpaired) electrons. The lowest BCUT2D eigenvalue weighted by molar-refractivity contribution is -0.153. The molecule has 2 aliphatic rings. The van der Waals surface area contributed by atoms with Gasteiger partial charge < -0.3 is 29.6 Å². The van der Waals surface area contributed by atoms with E-state index in [1.165, 1.54) is 23.1 Å². The number of hydrogen-bond acceptors (Lipinski definition) is 6. The summed E-state index contributed by atoms with van der Waals surface area (Å²) in [5.41, 5.74) is -3.15. The van der Waals surface area contributed by atoms with Gasteiger partial charge in [0.05, 0.1) is 18.0 Å². The maximum absolute atomic E-state index is 14.6. The van der Waals surface area contributed by atoms with Crippen LogP contribution in [0.4, 0.5) is 13.2 Å². The molecule has 3 atom stereocenters. The normalized spacial score (nSPS) is 18.9. The fraction of sp³-hybridized carbons (Fsp3) is 0.378. The lowest BCUT2D eigenvalue weighted by Crippen LogP contribution is -2.61. The molecule has 52 heavy (non-hydrogen) atoms. The van der Waals surface area contributed by atoms with Gasteiger partial charge in [0, 0.05) is 29.8 Å². The highest BCUT2D eigenvalue weighted by atomic mass is 32.1. The van der Waals surface area contributed by atoms with Crippen LogP contribution in [-0.2, 0) is 37.5 Å². The number of halogens is 3. The number of hydrogen-bond donors (Lipinski definition) is 3. The summed E-state index contributed by atoms with van der Waals surface area (Å²) in [4.78, 5) is 64.4. The van der Waals surface area contributed by atoms with Crippen LogP contribution in [0.15, 0.2) is 66.7 Å². The highest BCUT2D eigenvalue weighted by Crippen LogP contribution is 2.59. The lowest BCUT2D eigenvalue weighted by atomic mass is 9.84. The smallest absolute Gasteiger partial charge is 0.370 e. The molecule has 3 heterocycles. The van der Waals surface area contributed by atoms with E-state index >= 15 is 0 Å². The minimum Gasteiger partial charge on any atom is -0.370 e. The second-order valence-corrected chi connectivity index (χ2v) is 17.1. The van der Waals surface area contributed by atoms with Crippen molar-refractivity contribution >= 4 is 46.7 Å². The third kappa shape index (κ3) is 7.40. The van der Waals surface area contributed by atoms with Crippen LogP contribution in [0.2, 0.25) is 0 Å². The number of nitrogens with zero attached hydrogens (tertiary/aromatic N) is 2. The zero-order chi connectivity index (χ0) is 37.7. The Hall–Kier alpha value is -4.07. The van der Waals surface area contributed by atoms with E-state index in [0.29, 0.717) is 16.8 Å². The molecule has 1 fully saturated rings. The third-order valence-corrected chi connectivity index (χ3v) is 11.7. The molecular formula is C37H39F3N3O7PS. The van der Waals surface area contributed by atoms with E-state index in [1.807, 2.05) is 24.3 Å². The van der Waals surface area contributed by atoms with Crippen molar-refractivity contribution < 1.29 is 46.6 Å². The van der Waals surface area contributed by atoms with Crippen LogP contribution in [0, 0.1) is 18.2 Å². The largest absolute Gasteiger partial charge is 0.399 e. The van der Waals surface area contributed by atoms with Gasteiger partial charge in [-0.25, -0.2) is 4.39 Å². The van der Waals surface area contributed by atoms with Crippen LogP contribution in [0.3, 0.4) is 0 Å². The number of nitrogens with one attached hydrogen (secondary N) is 1. The molecule has 3 amide bonds. The highest BCUT2D eigenvalue weighted by molar-refractivity contribution is 7.52. The SMILES string of the molecule is Cc1cc(C2CN(C(=O)[C@@H]3Cc4ccccc4CN3C(=O)[C@@H](NC(=O)c3cc4cc(C(F)(F)P(=O)(O)O)ccc4s3)C(C)(C)C)CCO2)ccc1F. The molecule has 0 bridgehead atoms. The maximum atomic E-state index is 14.6. The van der Waals surface area contributed by atoms with Crippen molar-refractivity contribution in [3.63, 3.8) is 0 Å². The zero-order valence-corrected chi connectivity index (χ0v) is 30.6. The van der Waals surface area contributed by atoms with Crippen molar-refractivity contribution in [1.82, 2.24) is 15.1 Å². The van der Waals surface area contributed by atoms with Gasteiger partial charge in [0.15, 0.2) is 0 Å². The summed E-state index contributed by atoms with van der Waals surface area (Å²) >= 11 is 0.978. The Morgan fingerprint density at radius 2 is 1.73 bits per heavy atom. The second kappa shape index (κ2) is 14.1. The van der Waals surface area contributed by atoms with Gasteiger partial charge in [-0.15, -0.1) is 11.3 Å². The quantitative estimate of drug-likeness (QED) is 0.189. The summed E-state index contributed by atoms with van der Waals surface area (Å²) in [5, 5.41) is 3.01. The molecule has 6 rings (SSSR count). The number of morpholine rings is 1. The van der Waals surface area contributed by atoms with E-state index in [-0.39, 0.29) is 48.1 Å². The second-order valence-electron chi connectivity index (χ2n) is 14.3. The molecule has 0 aliphatic carbocycles. The molecule has 0 spiro atoms. The van der Waals surface area contributed by atoms with Crippen molar-refractivity contribution in [2.75, 3.05) is 19.7 Å². The number of carbonyl (C=O) groups is 3. The number of thiophene rings is 1. The number of fused-ring (bicyclic) bond motifs is 2. The molecule has 10 nitrogen and oxygen atoms in total. The van der Waals surface area contributed by atoms with Gasteiger partial charge in [0.1, 0.15) is 24.0 Å². The Bertz CT molecular complexity index is 2100. The number of amides is 3. The van der Waals surface area contributed by atoms with Crippen LogP contribution >= 0.6 is 18.9 Å². The fourth-order valence-electron chi connectivity index (χ4n) is 6.63. The Kier molecular flexibility index (Phi) is 10.2. The molecule has 2 aliphatic heterocycles. The molecule has 15 heteroatoms. The minimum absolute atomic E-state index is 0.0979. The molecular weight excluding hydrogens is 718 g/mol. The summed E-state index contributed by atoms with van der Waals surface area (Å²) in [6.45, 7) is 7.87. The van der Waals surface area contributed by atoms with Gasteiger partial charge in [-0.3, -0.25) is 18.9 Å². The molecule has 1 aromatic heterocycles. The molecule has 276 valence electrons. The predicted octanol–water partition coefficient (Wildman–Crippen LogP) is 6.27. The van der Waals surface area contributed by atoms with E-state index in [4.69, 9.17) is 4.74 Å². The van der Waals surface area contributed by atoms with Crippen molar-refractivity contribution in [3.8, 4) is 0 Å². The van der Waals surface area contributed by atoms with Crippen LogP contribution in [-0.4, -0.2) is 69.1 Å². The van der Waals surface area contributed by atoms with E-state index < -0.39 is 54.2 Å². The van der Waals surface area contributed by atoms with Gasteiger partial charge in [0.2, 0.25) is 11.8 Å². The summed E-state index contributed by atoms with van der Waals surface area (Å²) < 4.78 is 60.7. The number of ether oxygens (including phenoxy) is 1. The average molecular weight is 758 g/mol. The van der Waals surface area contributed by atoms with Gasteiger partial charge in [-0.05, 0) is 64.2 Å². The number of aryl methyl sites for hydroxylation is 1. The van der Waals surface area contributed by atoms with Crippen molar-refractivity contribution in [2.45, 2.75) is 64.5 Å². The fourth-order valence-corrected chi connectivity index (χ4v) is 8.05. The molecule has 4 aromatic rings. The minimum atomic E-state index is -5.80. The maximum Gasteiger partial charge on any atom is 0.399 e. The Labute approximate surface area is 302 Å². The molecule has 1 unspecified atom stereocenters. The Balaban J connectivity index is 1.27. The predicted molar refractivity (Wildman–Crippen MR) is 189 cm³/mol. The molecule has 3 N–H and O–H groups in total.